The zero-order chi connectivity index (χ0) is 23.2. The third-order valence-electron chi connectivity index (χ3n) is 6.62. The van der Waals surface area contributed by atoms with Gasteiger partial charge in [-0.05, 0) is 50.2 Å². The molecule has 0 aliphatic carbocycles. The molecule has 0 bridgehead atoms. The molecule has 1 atom stereocenters. The van der Waals surface area contributed by atoms with Crippen LogP contribution < -0.4 is 4.74 Å². The van der Waals surface area contributed by atoms with Crippen molar-refractivity contribution in [3.8, 4) is 5.75 Å². The fourth-order valence-electron chi connectivity index (χ4n) is 4.65. The highest BCUT2D eigenvalue weighted by atomic mass is 16.5. The first-order valence-corrected chi connectivity index (χ1v) is 11.9. The second-order valence-corrected chi connectivity index (χ2v) is 9.14. The molecule has 1 aliphatic rings. The summed E-state index contributed by atoms with van der Waals surface area (Å²) in [7, 11) is 2.06. The number of para-hydroxylation sites is 1. The van der Waals surface area contributed by atoms with Gasteiger partial charge < -0.3 is 19.1 Å². The van der Waals surface area contributed by atoms with Gasteiger partial charge in [0.1, 0.15) is 12.4 Å². The minimum atomic E-state index is -0.438. The average Bonchev–Trinajstić information content (AvgIpc) is 3.06. The van der Waals surface area contributed by atoms with Gasteiger partial charge >= 0.3 is 0 Å². The molecule has 6 heteroatoms. The summed E-state index contributed by atoms with van der Waals surface area (Å²) in [6.07, 6.45) is -0.438. The molecule has 1 N–H and O–H groups in total. The Morgan fingerprint density at radius 3 is 2.55 bits per heavy atom. The molecule has 0 unspecified atom stereocenters. The number of aromatic nitrogens is 1. The summed E-state index contributed by atoms with van der Waals surface area (Å²) < 4.78 is 13.5. The van der Waals surface area contributed by atoms with Crippen LogP contribution >= 0.6 is 0 Å². The molecular formula is C27H37N3O3. The van der Waals surface area contributed by atoms with E-state index >= 15 is 0 Å². The predicted molar refractivity (Wildman–Crippen MR) is 133 cm³/mol. The minimum absolute atomic E-state index is 0.438. The van der Waals surface area contributed by atoms with Gasteiger partial charge in [0, 0.05) is 49.3 Å². The Labute approximate surface area is 197 Å². The lowest BCUT2D eigenvalue weighted by Crippen LogP contribution is -2.38. The average molecular weight is 452 g/mol. The number of ether oxygens (including phenoxy) is 2. The van der Waals surface area contributed by atoms with E-state index in [1.54, 1.807) is 0 Å². The maximum atomic E-state index is 10.8. The Bertz CT molecular complexity index is 1030. The van der Waals surface area contributed by atoms with Crippen molar-refractivity contribution in [3.05, 3.63) is 65.4 Å². The van der Waals surface area contributed by atoms with E-state index in [-0.39, 0.29) is 0 Å². The summed E-state index contributed by atoms with van der Waals surface area (Å²) in [5, 5.41) is 12.1. The van der Waals surface area contributed by atoms with Gasteiger partial charge in [0.15, 0.2) is 0 Å². The molecule has 1 aliphatic heterocycles. The van der Waals surface area contributed by atoms with Crippen LogP contribution in [0.2, 0.25) is 0 Å². The Morgan fingerprint density at radius 1 is 1.06 bits per heavy atom. The number of morpholine rings is 1. The van der Waals surface area contributed by atoms with Gasteiger partial charge in [-0.2, -0.15) is 0 Å². The van der Waals surface area contributed by atoms with Crippen molar-refractivity contribution >= 4 is 10.9 Å². The lowest BCUT2D eigenvalue weighted by atomic mass is 10.2. The minimum Gasteiger partial charge on any atom is -0.492 e. The molecule has 0 amide bonds. The van der Waals surface area contributed by atoms with E-state index in [2.05, 4.69) is 71.7 Å². The number of nitrogens with zero attached hydrogens (tertiary/aromatic N) is 3. The molecule has 1 saturated heterocycles. The second kappa shape index (κ2) is 11.2. The predicted octanol–water partition coefficient (Wildman–Crippen LogP) is 3.46. The lowest BCUT2D eigenvalue weighted by molar-refractivity contribution is 0.0322. The van der Waals surface area contributed by atoms with Crippen molar-refractivity contribution in [2.75, 3.05) is 53.0 Å². The van der Waals surface area contributed by atoms with E-state index in [9.17, 15) is 5.11 Å². The molecular weight excluding hydrogens is 414 g/mol. The Hall–Kier alpha value is -2.38. The van der Waals surface area contributed by atoms with Crippen LogP contribution in [0.5, 0.6) is 5.75 Å². The van der Waals surface area contributed by atoms with Crippen LogP contribution in [0, 0.1) is 13.8 Å². The van der Waals surface area contributed by atoms with Gasteiger partial charge in [0.2, 0.25) is 0 Å². The number of aliphatic hydroxyl groups is 1. The molecule has 0 spiro atoms. The van der Waals surface area contributed by atoms with Gasteiger partial charge in [-0.3, -0.25) is 9.80 Å². The summed E-state index contributed by atoms with van der Waals surface area (Å²) in [4.78, 5) is 4.55. The number of aryl methyl sites for hydroxylation is 1. The standard InChI is InChI=1S/C27H37N3O3/c1-21-22(2)30(27-7-5-4-6-26(21)27)20-24(31)19-28(3)18-23-8-10-25(11-9-23)33-17-14-29-12-15-32-16-13-29/h4-11,24,31H,12-20H2,1-3H3/t24-/m0/s1. The molecule has 2 aromatic carbocycles. The van der Waals surface area contributed by atoms with Gasteiger partial charge in [-0.1, -0.05) is 30.3 Å². The molecule has 3 aromatic rings. The zero-order valence-electron chi connectivity index (χ0n) is 20.2. The summed E-state index contributed by atoms with van der Waals surface area (Å²) in [5.74, 6) is 0.903. The Morgan fingerprint density at radius 2 is 1.79 bits per heavy atom. The molecule has 0 radical (unpaired) electrons. The number of aliphatic hydroxyl groups excluding tert-OH is 1. The van der Waals surface area contributed by atoms with E-state index in [1.165, 1.54) is 27.7 Å². The Balaban J connectivity index is 1.24. The molecule has 1 fully saturated rings. The van der Waals surface area contributed by atoms with Gasteiger partial charge in [-0.15, -0.1) is 0 Å². The fourth-order valence-corrected chi connectivity index (χ4v) is 4.65. The highest BCUT2D eigenvalue weighted by molar-refractivity contribution is 5.85. The van der Waals surface area contributed by atoms with Gasteiger partial charge in [-0.25, -0.2) is 0 Å². The van der Waals surface area contributed by atoms with E-state index in [4.69, 9.17) is 9.47 Å². The van der Waals surface area contributed by atoms with E-state index in [1.807, 2.05) is 12.1 Å². The quantitative estimate of drug-likeness (QED) is 0.512. The highest BCUT2D eigenvalue weighted by Gasteiger charge is 2.15. The van der Waals surface area contributed by atoms with Crippen LogP contribution in [0.1, 0.15) is 16.8 Å². The molecule has 6 nitrogen and oxygen atoms in total. The first kappa shape index (κ1) is 23.8. The molecule has 33 heavy (non-hydrogen) atoms. The Kier molecular flexibility index (Phi) is 8.04. The van der Waals surface area contributed by atoms with E-state index in [0.717, 1.165) is 45.1 Å². The molecule has 178 valence electrons. The number of likely N-dealkylation sites (N-methyl/N-ethyl adjacent to an activating group) is 1. The highest BCUT2D eigenvalue weighted by Crippen LogP contribution is 2.25. The SMILES string of the molecule is Cc1c(C)n(C[C@@H](O)CN(C)Cc2ccc(OCCN3CCOCC3)cc2)c2ccccc12. The van der Waals surface area contributed by atoms with Crippen molar-refractivity contribution in [1.29, 1.82) is 0 Å². The number of benzene rings is 2. The molecule has 0 saturated carbocycles. The molecule has 2 heterocycles. The van der Waals surface area contributed by atoms with Crippen LogP contribution in [0.15, 0.2) is 48.5 Å². The van der Waals surface area contributed by atoms with Crippen LogP contribution in [0.3, 0.4) is 0 Å². The number of fused-ring (bicyclic) bond motifs is 1. The van der Waals surface area contributed by atoms with E-state index < -0.39 is 6.10 Å². The van der Waals surface area contributed by atoms with Gasteiger partial charge in [0.25, 0.3) is 0 Å². The first-order chi connectivity index (χ1) is 16.0. The maximum absolute atomic E-state index is 10.8. The normalized spacial score (nSPS) is 15.9. The summed E-state index contributed by atoms with van der Waals surface area (Å²) in [6.45, 7) is 11.5. The third-order valence-corrected chi connectivity index (χ3v) is 6.62. The van der Waals surface area contributed by atoms with Crippen LogP contribution in [-0.2, 0) is 17.8 Å². The third kappa shape index (κ3) is 6.15. The van der Waals surface area contributed by atoms with Gasteiger partial charge in [0.05, 0.1) is 25.9 Å². The molecule has 1 aromatic heterocycles. The fraction of sp³-hybridized carbons (Fsp3) is 0.481. The zero-order valence-corrected chi connectivity index (χ0v) is 20.2. The maximum Gasteiger partial charge on any atom is 0.119 e. The smallest absolute Gasteiger partial charge is 0.119 e. The monoisotopic (exact) mass is 451 g/mol. The summed E-state index contributed by atoms with van der Waals surface area (Å²) in [5.41, 5.74) is 4.92. The van der Waals surface area contributed by atoms with Crippen molar-refractivity contribution in [1.82, 2.24) is 14.4 Å². The topological polar surface area (TPSA) is 50.1 Å². The number of hydrogen-bond acceptors (Lipinski definition) is 5. The molecule has 4 rings (SSSR count). The van der Waals surface area contributed by atoms with Crippen LogP contribution in [-0.4, -0.2) is 78.6 Å². The summed E-state index contributed by atoms with van der Waals surface area (Å²) in [6, 6.07) is 16.7. The lowest BCUT2D eigenvalue weighted by Gasteiger charge is -2.26. The van der Waals surface area contributed by atoms with Crippen molar-refractivity contribution in [2.45, 2.75) is 33.0 Å². The first-order valence-electron chi connectivity index (χ1n) is 11.9. The van der Waals surface area contributed by atoms with Crippen LogP contribution in [0.4, 0.5) is 0 Å². The van der Waals surface area contributed by atoms with E-state index in [0.29, 0.717) is 19.7 Å². The number of hydrogen-bond donors (Lipinski definition) is 1. The number of rotatable bonds is 10. The largest absolute Gasteiger partial charge is 0.492 e. The second-order valence-electron chi connectivity index (χ2n) is 9.14. The van der Waals surface area contributed by atoms with Crippen molar-refractivity contribution in [2.24, 2.45) is 0 Å². The van der Waals surface area contributed by atoms with Crippen molar-refractivity contribution < 1.29 is 14.6 Å². The summed E-state index contributed by atoms with van der Waals surface area (Å²) >= 11 is 0. The van der Waals surface area contributed by atoms with Crippen molar-refractivity contribution in [3.63, 3.8) is 0 Å². The van der Waals surface area contributed by atoms with Crippen LogP contribution in [0.25, 0.3) is 10.9 Å².